The van der Waals surface area contributed by atoms with Crippen molar-refractivity contribution in [2.45, 2.75) is 19.4 Å². The number of anilines is 1. The van der Waals surface area contributed by atoms with E-state index >= 15 is 0 Å². The fourth-order valence-electron chi connectivity index (χ4n) is 2.22. The van der Waals surface area contributed by atoms with Gasteiger partial charge in [0.05, 0.1) is 10.5 Å². The topological polar surface area (TPSA) is 63.5 Å². The van der Waals surface area contributed by atoms with Crippen molar-refractivity contribution in [3.05, 3.63) is 33.9 Å². The molecule has 1 fully saturated rings. The highest BCUT2D eigenvalue weighted by Gasteiger charge is 2.23. The molecule has 1 aliphatic rings. The van der Waals surface area contributed by atoms with Gasteiger partial charge < -0.3 is 4.90 Å². The largest absolute Gasteiger partial charge is 0.371 e. The molecular formula is C13H16N2O3S. The molecule has 0 aliphatic carbocycles. The summed E-state index contributed by atoms with van der Waals surface area (Å²) in [5.41, 5.74) is 0.925. The molecule has 1 heterocycles. The number of hydrogen-bond donors (Lipinski definition) is 0. The molecule has 0 radical (unpaired) electrons. The van der Waals surface area contributed by atoms with Gasteiger partial charge in [-0.1, -0.05) is 0 Å². The molecule has 5 nitrogen and oxygen atoms in total. The fourth-order valence-corrected chi connectivity index (χ4v) is 3.49. The van der Waals surface area contributed by atoms with Crippen molar-refractivity contribution in [1.29, 1.82) is 0 Å². The van der Waals surface area contributed by atoms with Crippen LogP contribution in [0, 0.1) is 10.1 Å². The molecule has 0 amide bonds. The van der Waals surface area contributed by atoms with E-state index in [-0.39, 0.29) is 17.0 Å². The average Bonchev–Trinajstić information content (AvgIpc) is 2.90. The SMILES string of the molecule is CC(=O)c1cc(N(C)C2CCSC2)ccc1[N+](=O)[O-]. The standard InChI is InChI=1S/C13H16N2O3S/c1-9(16)12-7-10(3-4-13(12)15(17)18)14(2)11-5-6-19-8-11/h3-4,7,11H,5-6,8H2,1-2H3. The number of benzene rings is 1. The van der Waals surface area contributed by atoms with Crippen molar-refractivity contribution < 1.29 is 9.72 Å². The molecule has 1 atom stereocenters. The van der Waals surface area contributed by atoms with Gasteiger partial charge in [0.15, 0.2) is 5.78 Å². The summed E-state index contributed by atoms with van der Waals surface area (Å²) in [7, 11) is 1.97. The minimum Gasteiger partial charge on any atom is -0.371 e. The second kappa shape index (κ2) is 5.61. The Bertz CT molecular complexity index is 513. The number of carbonyl (C=O) groups excluding carboxylic acids is 1. The van der Waals surface area contributed by atoms with Crippen LogP contribution in [-0.4, -0.2) is 35.3 Å². The molecule has 1 aliphatic heterocycles. The van der Waals surface area contributed by atoms with E-state index in [9.17, 15) is 14.9 Å². The van der Waals surface area contributed by atoms with Gasteiger partial charge in [-0.2, -0.15) is 11.8 Å². The Morgan fingerprint density at radius 2 is 2.26 bits per heavy atom. The monoisotopic (exact) mass is 280 g/mol. The summed E-state index contributed by atoms with van der Waals surface area (Å²) in [5, 5.41) is 10.9. The molecular weight excluding hydrogens is 264 g/mol. The zero-order valence-corrected chi connectivity index (χ0v) is 11.8. The smallest absolute Gasteiger partial charge is 0.280 e. The molecule has 0 bridgehead atoms. The predicted molar refractivity (Wildman–Crippen MR) is 77.2 cm³/mol. The van der Waals surface area contributed by atoms with Crippen molar-refractivity contribution >= 4 is 28.9 Å². The van der Waals surface area contributed by atoms with E-state index in [1.165, 1.54) is 13.0 Å². The van der Waals surface area contributed by atoms with Crippen LogP contribution in [0.3, 0.4) is 0 Å². The van der Waals surface area contributed by atoms with Gasteiger partial charge in [-0.15, -0.1) is 0 Å². The molecule has 1 unspecified atom stereocenters. The highest BCUT2D eigenvalue weighted by Crippen LogP contribution is 2.29. The lowest BCUT2D eigenvalue weighted by Crippen LogP contribution is -2.31. The third-order valence-corrected chi connectivity index (χ3v) is 4.56. The number of rotatable bonds is 4. The third-order valence-electron chi connectivity index (χ3n) is 3.42. The lowest BCUT2D eigenvalue weighted by Gasteiger charge is -2.26. The Labute approximate surface area is 116 Å². The Hall–Kier alpha value is -1.56. The second-order valence-corrected chi connectivity index (χ2v) is 5.79. The molecule has 19 heavy (non-hydrogen) atoms. The molecule has 1 aromatic carbocycles. The molecule has 0 spiro atoms. The van der Waals surface area contributed by atoms with E-state index in [1.807, 2.05) is 18.8 Å². The lowest BCUT2D eigenvalue weighted by atomic mass is 10.1. The first-order valence-corrected chi connectivity index (χ1v) is 7.26. The van der Waals surface area contributed by atoms with Crippen LogP contribution in [0.4, 0.5) is 11.4 Å². The van der Waals surface area contributed by atoms with Gasteiger partial charge in [0.25, 0.3) is 5.69 Å². The van der Waals surface area contributed by atoms with Crippen LogP contribution in [0.15, 0.2) is 18.2 Å². The second-order valence-electron chi connectivity index (χ2n) is 4.64. The van der Waals surface area contributed by atoms with Crippen molar-refractivity contribution in [2.24, 2.45) is 0 Å². The molecule has 0 aromatic heterocycles. The van der Waals surface area contributed by atoms with Crippen LogP contribution in [-0.2, 0) is 0 Å². The Kier molecular flexibility index (Phi) is 4.09. The minimum absolute atomic E-state index is 0.120. The molecule has 6 heteroatoms. The van der Waals surface area contributed by atoms with Crippen LogP contribution in [0.5, 0.6) is 0 Å². The summed E-state index contributed by atoms with van der Waals surface area (Å²) in [4.78, 5) is 24.0. The highest BCUT2D eigenvalue weighted by molar-refractivity contribution is 7.99. The molecule has 2 rings (SSSR count). The van der Waals surface area contributed by atoms with Gasteiger partial charge >= 0.3 is 0 Å². The van der Waals surface area contributed by atoms with E-state index in [1.54, 1.807) is 12.1 Å². The number of thioether (sulfide) groups is 1. The van der Waals surface area contributed by atoms with Crippen molar-refractivity contribution in [2.75, 3.05) is 23.5 Å². The van der Waals surface area contributed by atoms with Crippen LogP contribution in [0.1, 0.15) is 23.7 Å². The predicted octanol–water partition coefficient (Wildman–Crippen LogP) is 2.74. The number of carbonyl (C=O) groups is 1. The molecule has 1 aromatic rings. The number of hydrogen-bond acceptors (Lipinski definition) is 5. The highest BCUT2D eigenvalue weighted by atomic mass is 32.2. The lowest BCUT2D eigenvalue weighted by molar-refractivity contribution is -0.385. The first-order valence-electron chi connectivity index (χ1n) is 6.10. The summed E-state index contributed by atoms with van der Waals surface area (Å²) >= 11 is 1.91. The van der Waals surface area contributed by atoms with Crippen molar-refractivity contribution in [3.63, 3.8) is 0 Å². The van der Waals surface area contributed by atoms with Crippen LogP contribution in [0.2, 0.25) is 0 Å². The summed E-state index contributed by atoms with van der Waals surface area (Å²) in [6.07, 6.45) is 1.10. The quantitative estimate of drug-likeness (QED) is 0.482. The van der Waals surface area contributed by atoms with Gasteiger partial charge in [0.1, 0.15) is 0 Å². The van der Waals surface area contributed by atoms with Crippen molar-refractivity contribution in [1.82, 2.24) is 0 Å². The van der Waals surface area contributed by atoms with E-state index < -0.39 is 4.92 Å². The van der Waals surface area contributed by atoms with E-state index in [0.717, 1.165) is 23.6 Å². The zero-order chi connectivity index (χ0) is 14.0. The van der Waals surface area contributed by atoms with E-state index in [0.29, 0.717) is 6.04 Å². The van der Waals surface area contributed by atoms with Gasteiger partial charge in [0.2, 0.25) is 0 Å². The molecule has 102 valence electrons. The van der Waals surface area contributed by atoms with Crippen LogP contribution >= 0.6 is 11.8 Å². The number of nitro groups is 1. The van der Waals surface area contributed by atoms with Gasteiger partial charge in [-0.3, -0.25) is 14.9 Å². The third kappa shape index (κ3) is 2.89. The van der Waals surface area contributed by atoms with Crippen LogP contribution in [0.25, 0.3) is 0 Å². The number of nitrogens with zero attached hydrogens (tertiary/aromatic N) is 2. The zero-order valence-electron chi connectivity index (χ0n) is 11.0. The van der Waals surface area contributed by atoms with E-state index in [4.69, 9.17) is 0 Å². The van der Waals surface area contributed by atoms with Gasteiger partial charge in [-0.25, -0.2) is 0 Å². The number of ketones is 1. The molecule has 0 saturated carbocycles. The van der Waals surface area contributed by atoms with Crippen molar-refractivity contribution in [3.8, 4) is 0 Å². The van der Waals surface area contributed by atoms with Gasteiger partial charge in [0, 0.05) is 30.6 Å². The summed E-state index contributed by atoms with van der Waals surface area (Å²) in [6, 6.07) is 5.20. The minimum atomic E-state index is -0.508. The normalized spacial score (nSPS) is 18.3. The maximum atomic E-state index is 11.5. The average molecular weight is 280 g/mol. The summed E-state index contributed by atoms with van der Waals surface area (Å²) in [6.45, 7) is 1.36. The molecule has 1 saturated heterocycles. The van der Waals surface area contributed by atoms with Gasteiger partial charge in [-0.05, 0) is 31.2 Å². The molecule has 0 N–H and O–H groups in total. The number of nitro benzene ring substituents is 1. The van der Waals surface area contributed by atoms with E-state index in [2.05, 4.69) is 4.90 Å². The Morgan fingerprint density at radius 1 is 1.53 bits per heavy atom. The maximum Gasteiger partial charge on any atom is 0.280 e. The number of Topliss-reactive ketones (excluding diaryl/α,β-unsaturated/α-hetero) is 1. The first-order chi connectivity index (χ1) is 9.00. The summed E-state index contributed by atoms with van der Waals surface area (Å²) in [5.74, 6) is 1.92. The van der Waals surface area contributed by atoms with Crippen LogP contribution < -0.4 is 4.90 Å². The first kappa shape index (κ1) is 13.9. The maximum absolute atomic E-state index is 11.5. The Balaban J connectivity index is 2.34. The Morgan fingerprint density at radius 3 is 2.79 bits per heavy atom. The summed E-state index contributed by atoms with van der Waals surface area (Å²) < 4.78 is 0. The fraction of sp³-hybridized carbons (Fsp3) is 0.462.